The molecule has 0 aromatic heterocycles. The van der Waals surface area contributed by atoms with Crippen LogP contribution < -0.4 is 4.74 Å². The number of rotatable bonds is 10. The molecular weight excluding hydrogens is 328 g/mol. The lowest BCUT2D eigenvalue weighted by molar-refractivity contribution is 0.304. The first-order chi connectivity index (χ1) is 11.4. The highest BCUT2D eigenvalue weighted by Gasteiger charge is 1.93. The summed E-state index contributed by atoms with van der Waals surface area (Å²) in [5, 5.41) is 0. The standard InChI is InChI=1S/C16H26O.C2H4.H2O4S/c1-2-3-4-5-6-7-8-12-15-17-16-13-10-9-11-14-16;1-2;1-5(2,3)4/h9-11,13-14H,2-8,12,15H2,1H3;1-2H2;(H2,1,2,3,4). The van der Waals surface area contributed by atoms with Crippen molar-refractivity contribution in [2.24, 2.45) is 0 Å². The van der Waals surface area contributed by atoms with Crippen LogP contribution in [0.3, 0.4) is 0 Å². The van der Waals surface area contributed by atoms with Crippen molar-refractivity contribution in [1.29, 1.82) is 0 Å². The van der Waals surface area contributed by atoms with Crippen LogP contribution >= 0.6 is 0 Å². The van der Waals surface area contributed by atoms with Gasteiger partial charge in [-0.2, -0.15) is 8.42 Å². The van der Waals surface area contributed by atoms with Crippen LogP contribution in [0.15, 0.2) is 43.5 Å². The van der Waals surface area contributed by atoms with Gasteiger partial charge in [-0.3, -0.25) is 9.11 Å². The summed E-state index contributed by atoms with van der Waals surface area (Å²) in [7, 11) is -4.67. The summed E-state index contributed by atoms with van der Waals surface area (Å²) >= 11 is 0. The summed E-state index contributed by atoms with van der Waals surface area (Å²) in [6.07, 6.45) is 10.8. The Hall–Kier alpha value is -1.37. The zero-order valence-electron chi connectivity index (χ0n) is 14.7. The Morgan fingerprint density at radius 2 is 1.29 bits per heavy atom. The molecule has 0 aliphatic rings. The quantitative estimate of drug-likeness (QED) is 0.333. The van der Waals surface area contributed by atoms with E-state index in [1.165, 1.54) is 51.4 Å². The summed E-state index contributed by atoms with van der Waals surface area (Å²) in [4.78, 5) is 0. The van der Waals surface area contributed by atoms with Gasteiger partial charge in [0.15, 0.2) is 0 Å². The predicted octanol–water partition coefficient (Wildman–Crippen LogP) is 5.36. The summed E-state index contributed by atoms with van der Waals surface area (Å²) < 4.78 is 37.2. The Balaban J connectivity index is 0. The fraction of sp³-hybridized carbons (Fsp3) is 0.556. The van der Waals surface area contributed by atoms with Gasteiger partial charge in [0.25, 0.3) is 0 Å². The highest BCUT2D eigenvalue weighted by molar-refractivity contribution is 7.79. The molecular formula is C18H32O5S. The van der Waals surface area contributed by atoms with Crippen molar-refractivity contribution in [3.05, 3.63) is 43.5 Å². The smallest absolute Gasteiger partial charge is 0.394 e. The molecule has 1 aromatic rings. The van der Waals surface area contributed by atoms with E-state index in [0.717, 1.165) is 12.4 Å². The van der Waals surface area contributed by atoms with Crippen molar-refractivity contribution >= 4 is 10.4 Å². The van der Waals surface area contributed by atoms with Gasteiger partial charge in [-0.25, -0.2) is 0 Å². The van der Waals surface area contributed by atoms with Gasteiger partial charge in [0.1, 0.15) is 5.75 Å². The van der Waals surface area contributed by atoms with E-state index >= 15 is 0 Å². The Kier molecular flexibility index (Phi) is 18.6. The topological polar surface area (TPSA) is 83.8 Å². The molecule has 0 radical (unpaired) electrons. The molecule has 0 bridgehead atoms. The number of ether oxygens (including phenoxy) is 1. The first kappa shape index (κ1) is 24.9. The van der Waals surface area contributed by atoms with E-state index in [-0.39, 0.29) is 0 Å². The third kappa shape index (κ3) is 25.6. The molecule has 24 heavy (non-hydrogen) atoms. The largest absolute Gasteiger partial charge is 0.494 e. The van der Waals surface area contributed by atoms with Crippen molar-refractivity contribution in [3.8, 4) is 5.75 Å². The van der Waals surface area contributed by atoms with Crippen molar-refractivity contribution in [3.63, 3.8) is 0 Å². The zero-order valence-corrected chi connectivity index (χ0v) is 15.5. The first-order valence-electron chi connectivity index (χ1n) is 8.31. The lowest BCUT2D eigenvalue weighted by Crippen LogP contribution is -1.96. The summed E-state index contributed by atoms with van der Waals surface area (Å²) in [5.74, 6) is 0.996. The second kappa shape index (κ2) is 18.0. The minimum atomic E-state index is -4.67. The first-order valence-corrected chi connectivity index (χ1v) is 9.71. The fourth-order valence-corrected chi connectivity index (χ4v) is 1.94. The van der Waals surface area contributed by atoms with Gasteiger partial charge < -0.3 is 4.74 Å². The number of benzene rings is 1. The molecule has 2 N–H and O–H groups in total. The zero-order chi connectivity index (χ0) is 18.7. The Morgan fingerprint density at radius 3 is 1.75 bits per heavy atom. The Labute approximate surface area is 147 Å². The molecule has 0 unspecified atom stereocenters. The highest BCUT2D eigenvalue weighted by atomic mass is 32.3. The predicted molar refractivity (Wildman–Crippen MR) is 100.0 cm³/mol. The molecule has 1 rings (SSSR count). The maximum absolute atomic E-state index is 8.74. The second-order valence-corrected chi connectivity index (χ2v) is 5.98. The van der Waals surface area contributed by atoms with Crippen LogP contribution in [0.5, 0.6) is 5.75 Å². The molecule has 0 aliphatic heterocycles. The molecule has 1 aromatic carbocycles. The van der Waals surface area contributed by atoms with Gasteiger partial charge in [0, 0.05) is 0 Å². The lowest BCUT2D eigenvalue weighted by Gasteiger charge is -2.05. The fourth-order valence-electron chi connectivity index (χ4n) is 1.94. The van der Waals surface area contributed by atoms with Crippen LogP contribution in [0.4, 0.5) is 0 Å². The third-order valence-corrected chi connectivity index (χ3v) is 3.01. The van der Waals surface area contributed by atoms with Crippen LogP contribution in [0.1, 0.15) is 58.3 Å². The van der Waals surface area contributed by atoms with E-state index < -0.39 is 10.4 Å². The van der Waals surface area contributed by atoms with E-state index in [1.54, 1.807) is 0 Å². The minimum Gasteiger partial charge on any atom is -0.494 e. The molecule has 0 atom stereocenters. The van der Waals surface area contributed by atoms with Crippen LogP contribution in [-0.4, -0.2) is 24.1 Å². The van der Waals surface area contributed by atoms with Crippen LogP contribution in [0, 0.1) is 0 Å². The molecule has 0 aliphatic carbocycles. The summed E-state index contributed by atoms with van der Waals surface area (Å²) in [6.45, 7) is 9.12. The summed E-state index contributed by atoms with van der Waals surface area (Å²) in [5.41, 5.74) is 0. The molecule has 0 amide bonds. The molecule has 5 nitrogen and oxygen atoms in total. The van der Waals surface area contributed by atoms with Crippen LogP contribution in [-0.2, 0) is 10.4 Å². The minimum absolute atomic E-state index is 0.860. The third-order valence-electron chi connectivity index (χ3n) is 3.01. The van der Waals surface area contributed by atoms with Gasteiger partial charge >= 0.3 is 10.4 Å². The highest BCUT2D eigenvalue weighted by Crippen LogP contribution is 2.11. The SMILES string of the molecule is C=C.CCCCCCCCCCOc1ccccc1.O=S(=O)(O)O. The molecule has 0 heterocycles. The second-order valence-electron chi connectivity index (χ2n) is 5.08. The average molecular weight is 361 g/mol. The number of hydrogen-bond donors (Lipinski definition) is 2. The molecule has 0 saturated heterocycles. The maximum Gasteiger partial charge on any atom is 0.394 e. The Morgan fingerprint density at radius 1 is 0.875 bits per heavy atom. The van der Waals surface area contributed by atoms with Crippen molar-refractivity contribution < 1.29 is 22.3 Å². The average Bonchev–Trinajstić information content (AvgIpc) is 2.55. The van der Waals surface area contributed by atoms with E-state index in [1.807, 2.05) is 30.3 Å². The molecule has 0 spiro atoms. The summed E-state index contributed by atoms with van der Waals surface area (Å²) in [6, 6.07) is 10.1. The van der Waals surface area contributed by atoms with E-state index in [0.29, 0.717) is 0 Å². The normalized spacial score (nSPS) is 9.96. The molecule has 6 heteroatoms. The maximum atomic E-state index is 8.74. The lowest BCUT2D eigenvalue weighted by atomic mass is 10.1. The van der Waals surface area contributed by atoms with Gasteiger partial charge in [-0.05, 0) is 18.6 Å². The number of hydrogen-bond acceptors (Lipinski definition) is 3. The number of para-hydroxylation sites is 1. The van der Waals surface area contributed by atoms with Gasteiger partial charge in [-0.15, -0.1) is 13.2 Å². The van der Waals surface area contributed by atoms with E-state index in [9.17, 15) is 0 Å². The van der Waals surface area contributed by atoms with Gasteiger partial charge in [0.2, 0.25) is 0 Å². The van der Waals surface area contributed by atoms with Crippen molar-refractivity contribution in [2.45, 2.75) is 58.3 Å². The van der Waals surface area contributed by atoms with Crippen LogP contribution in [0.2, 0.25) is 0 Å². The van der Waals surface area contributed by atoms with Crippen molar-refractivity contribution in [2.75, 3.05) is 6.61 Å². The Bertz CT molecular complexity index is 452. The van der Waals surface area contributed by atoms with Crippen molar-refractivity contribution in [1.82, 2.24) is 0 Å². The molecule has 0 fully saturated rings. The monoisotopic (exact) mass is 360 g/mol. The van der Waals surface area contributed by atoms with E-state index in [2.05, 4.69) is 20.1 Å². The van der Waals surface area contributed by atoms with Gasteiger partial charge in [-0.1, -0.05) is 70.1 Å². The van der Waals surface area contributed by atoms with Crippen LogP contribution in [0.25, 0.3) is 0 Å². The van der Waals surface area contributed by atoms with E-state index in [4.69, 9.17) is 22.3 Å². The molecule has 140 valence electrons. The molecule has 0 saturated carbocycles. The number of unbranched alkanes of at least 4 members (excludes halogenated alkanes) is 7. The van der Waals surface area contributed by atoms with Gasteiger partial charge in [0.05, 0.1) is 6.61 Å².